The van der Waals surface area contributed by atoms with Crippen LogP contribution in [0.2, 0.25) is 0 Å². The minimum Gasteiger partial charge on any atom is -0.404 e. The van der Waals surface area contributed by atoms with Crippen LogP contribution < -0.4 is 5.56 Å². The standard InChI is InChI=1S/C13H14N4O4S/c1-22-13-14-10-4-5-16(7-9(10)12(18)15-13)6-8-2-3-11(21-8)17(19)20/h2-3H,4-7H2,1H3,(H,14,15,18). The van der Waals surface area contributed by atoms with E-state index in [0.717, 1.165) is 12.2 Å². The lowest BCUT2D eigenvalue weighted by Crippen LogP contribution is -2.35. The Morgan fingerprint density at radius 3 is 3.05 bits per heavy atom. The van der Waals surface area contributed by atoms with Crippen LogP contribution in [0, 0.1) is 10.1 Å². The molecule has 0 saturated heterocycles. The zero-order valence-corrected chi connectivity index (χ0v) is 12.7. The van der Waals surface area contributed by atoms with Crippen LogP contribution in [0.15, 0.2) is 26.5 Å². The number of hydrogen-bond donors (Lipinski definition) is 1. The Morgan fingerprint density at radius 1 is 1.55 bits per heavy atom. The molecule has 1 N–H and O–H groups in total. The van der Waals surface area contributed by atoms with Gasteiger partial charge in [0.25, 0.3) is 5.56 Å². The molecular weight excluding hydrogens is 308 g/mol. The van der Waals surface area contributed by atoms with E-state index < -0.39 is 4.92 Å². The van der Waals surface area contributed by atoms with Gasteiger partial charge >= 0.3 is 5.88 Å². The van der Waals surface area contributed by atoms with Crippen molar-refractivity contribution >= 4 is 17.6 Å². The van der Waals surface area contributed by atoms with Crippen LogP contribution in [0.3, 0.4) is 0 Å². The fourth-order valence-corrected chi connectivity index (χ4v) is 2.86. The zero-order chi connectivity index (χ0) is 15.7. The molecule has 0 atom stereocenters. The molecule has 1 aliphatic heterocycles. The molecule has 22 heavy (non-hydrogen) atoms. The molecule has 0 fully saturated rings. The first kappa shape index (κ1) is 14.8. The largest absolute Gasteiger partial charge is 0.433 e. The van der Waals surface area contributed by atoms with Crippen molar-refractivity contribution in [3.63, 3.8) is 0 Å². The molecular formula is C13H14N4O4S. The number of nitrogens with one attached hydrogen (secondary N) is 1. The summed E-state index contributed by atoms with van der Waals surface area (Å²) >= 11 is 1.41. The zero-order valence-electron chi connectivity index (χ0n) is 11.9. The van der Waals surface area contributed by atoms with Gasteiger partial charge in [-0.3, -0.25) is 19.8 Å². The number of nitro groups is 1. The Bertz CT molecular complexity index is 770. The fraction of sp³-hybridized carbons (Fsp3) is 0.385. The highest BCUT2D eigenvalue weighted by molar-refractivity contribution is 7.98. The Balaban J connectivity index is 1.76. The second-order valence-corrected chi connectivity index (χ2v) is 5.75. The maximum atomic E-state index is 12.1. The Labute approximate surface area is 129 Å². The van der Waals surface area contributed by atoms with Crippen LogP contribution in [0.5, 0.6) is 0 Å². The molecule has 0 amide bonds. The van der Waals surface area contributed by atoms with Crippen molar-refractivity contribution in [2.75, 3.05) is 12.8 Å². The van der Waals surface area contributed by atoms with Gasteiger partial charge in [0.1, 0.15) is 10.7 Å². The second kappa shape index (κ2) is 5.93. The third-order valence-electron chi connectivity index (χ3n) is 3.53. The Hall–Kier alpha value is -2.13. The van der Waals surface area contributed by atoms with E-state index in [1.54, 1.807) is 6.07 Å². The quantitative estimate of drug-likeness (QED) is 0.394. The molecule has 0 saturated carbocycles. The Morgan fingerprint density at radius 2 is 2.36 bits per heavy atom. The first-order valence-electron chi connectivity index (χ1n) is 6.68. The van der Waals surface area contributed by atoms with Crippen LogP contribution in [0.1, 0.15) is 17.0 Å². The molecule has 116 valence electrons. The molecule has 2 aromatic rings. The normalized spacial score (nSPS) is 14.8. The summed E-state index contributed by atoms with van der Waals surface area (Å²) in [6.07, 6.45) is 2.54. The fourth-order valence-electron chi connectivity index (χ4n) is 2.46. The first-order chi connectivity index (χ1) is 10.6. The number of hydrogen-bond acceptors (Lipinski definition) is 7. The van der Waals surface area contributed by atoms with Gasteiger partial charge in [0.15, 0.2) is 5.16 Å². The van der Waals surface area contributed by atoms with Gasteiger partial charge in [-0.15, -0.1) is 0 Å². The van der Waals surface area contributed by atoms with E-state index in [0.29, 0.717) is 36.0 Å². The van der Waals surface area contributed by atoms with Crippen molar-refractivity contribution in [1.82, 2.24) is 14.9 Å². The maximum absolute atomic E-state index is 12.1. The molecule has 9 heteroatoms. The summed E-state index contributed by atoms with van der Waals surface area (Å²) in [6.45, 7) is 1.61. The van der Waals surface area contributed by atoms with Crippen molar-refractivity contribution in [1.29, 1.82) is 0 Å². The minimum absolute atomic E-state index is 0.121. The summed E-state index contributed by atoms with van der Waals surface area (Å²) < 4.78 is 5.16. The average Bonchev–Trinajstić information content (AvgIpc) is 2.96. The lowest BCUT2D eigenvalue weighted by atomic mass is 10.1. The SMILES string of the molecule is CSc1nc2c(c(=O)[nH]1)CN(Cc1ccc([N+](=O)[O-])o1)CC2. The van der Waals surface area contributed by atoms with E-state index >= 15 is 0 Å². The number of thioether (sulfide) groups is 1. The summed E-state index contributed by atoms with van der Waals surface area (Å²) in [7, 11) is 0. The molecule has 0 aliphatic carbocycles. The number of rotatable bonds is 4. The van der Waals surface area contributed by atoms with Crippen LogP contribution in [-0.2, 0) is 19.5 Å². The van der Waals surface area contributed by atoms with E-state index in [9.17, 15) is 14.9 Å². The molecule has 0 unspecified atom stereocenters. The highest BCUT2D eigenvalue weighted by Crippen LogP contribution is 2.21. The van der Waals surface area contributed by atoms with E-state index in [-0.39, 0.29) is 11.4 Å². The van der Waals surface area contributed by atoms with Crippen LogP contribution in [0.4, 0.5) is 5.88 Å². The van der Waals surface area contributed by atoms with Crippen molar-refractivity contribution in [2.45, 2.75) is 24.7 Å². The monoisotopic (exact) mass is 322 g/mol. The molecule has 0 aromatic carbocycles. The predicted octanol–water partition coefficient (Wildman–Crippen LogP) is 1.55. The molecule has 3 heterocycles. The lowest BCUT2D eigenvalue weighted by molar-refractivity contribution is -0.402. The van der Waals surface area contributed by atoms with Crippen LogP contribution >= 0.6 is 11.8 Å². The second-order valence-electron chi connectivity index (χ2n) is 4.96. The third kappa shape index (κ3) is 2.90. The van der Waals surface area contributed by atoms with Gasteiger partial charge in [0.2, 0.25) is 0 Å². The summed E-state index contributed by atoms with van der Waals surface area (Å²) in [5.41, 5.74) is 1.37. The van der Waals surface area contributed by atoms with Crippen LogP contribution in [0.25, 0.3) is 0 Å². The first-order valence-corrected chi connectivity index (χ1v) is 7.91. The third-order valence-corrected chi connectivity index (χ3v) is 4.11. The minimum atomic E-state index is -0.562. The molecule has 3 rings (SSSR count). The van der Waals surface area contributed by atoms with Gasteiger partial charge in [-0.1, -0.05) is 11.8 Å². The van der Waals surface area contributed by atoms with E-state index in [4.69, 9.17) is 4.42 Å². The summed E-state index contributed by atoms with van der Waals surface area (Å²) in [5, 5.41) is 11.2. The molecule has 8 nitrogen and oxygen atoms in total. The highest BCUT2D eigenvalue weighted by Gasteiger charge is 2.22. The van der Waals surface area contributed by atoms with Crippen molar-refractivity contribution < 1.29 is 9.34 Å². The highest BCUT2D eigenvalue weighted by atomic mass is 32.2. The lowest BCUT2D eigenvalue weighted by Gasteiger charge is -2.26. The molecule has 2 aromatic heterocycles. The molecule has 0 bridgehead atoms. The topological polar surface area (TPSA) is 105 Å². The molecule has 1 aliphatic rings. The summed E-state index contributed by atoms with van der Waals surface area (Å²) in [5.74, 6) is 0.247. The number of nitrogens with zero attached hydrogens (tertiary/aromatic N) is 3. The number of aromatic amines is 1. The Kier molecular flexibility index (Phi) is 3.99. The predicted molar refractivity (Wildman–Crippen MR) is 79.8 cm³/mol. The van der Waals surface area contributed by atoms with Crippen LogP contribution in [-0.4, -0.2) is 32.6 Å². The van der Waals surface area contributed by atoms with Crippen molar-refractivity contribution in [3.05, 3.63) is 49.6 Å². The van der Waals surface area contributed by atoms with Gasteiger partial charge in [0, 0.05) is 19.5 Å². The van der Waals surface area contributed by atoms with Crippen molar-refractivity contribution in [2.24, 2.45) is 0 Å². The van der Waals surface area contributed by atoms with Gasteiger partial charge < -0.3 is 9.40 Å². The van der Waals surface area contributed by atoms with E-state index in [1.807, 2.05) is 11.2 Å². The van der Waals surface area contributed by atoms with Gasteiger partial charge in [-0.25, -0.2) is 4.98 Å². The smallest absolute Gasteiger partial charge is 0.404 e. The molecule has 0 spiro atoms. The maximum Gasteiger partial charge on any atom is 0.433 e. The number of aromatic nitrogens is 2. The van der Waals surface area contributed by atoms with Gasteiger partial charge in [0.05, 0.1) is 23.9 Å². The number of furan rings is 1. The molecule has 0 radical (unpaired) electrons. The average molecular weight is 322 g/mol. The van der Waals surface area contributed by atoms with E-state index in [2.05, 4.69) is 9.97 Å². The number of fused-ring (bicyclic) bond motifs is 1. The summed E-state index contributed by atoms with van der Waals surface area (Å²) in [4.78, 5) is 31.3. The van der Waals surface area contributed by atoms with Crippen molar-refractivity contribution in [3.8, 4) is 0 Å². The number of H-pyrrole nitrogens is 1. The van der Waals surface area contributed by atoms with Gasteiger partial charge in [-0.05, 0) is 12.3 Å². The summed E-state index contributed by atoms with van der Waals surface area (Å²) in [6, 6.07) is 2.93. The van der Waals surface area contributed by atoms with E-state index in [1.165, 1.54) is 17.8 Å². The van der Waals surface area contributed by atoms with Gasteiger partial charge in [-0.2, -0.15) is 0 Å².